The molecule has 1 atom stereocenters. The van der Waals surface area contributed by atoms with Gasteiger partial charge < -0.3 is 0 Å². The standard InChI is InChI=1S/C13H8F5NO4/c14-9-7(6(21)3-5(20)4-1-2-4)10(15)12(17)8(11(9)16)13(18)19(22)23/h4,13H,1-3H2. The first-order chi connectivity index (χ1) is 10.7. The molecule has 1 saturated carbocycles. The molecule has 10 heteroatoms. The van der Waals surface area contributed by atoms with E-state index in [9.17, 15) is 41.7 Å². The summed E-state index contributed by atoms with van der Waals surface area (Å²) in [6.07, 6.45) is -3.50. The normalized spacial score (nSPS) is 15.3. The van der Waals surface area contributed by atoms with E-state index < -0.39 is 69.5 Å². The summed E-state index contributed by atoms with van der Waals surface area (Å²) in [5.41, 5.74) is -3.76. The van der Waals surface area contributed by atoms with Gasteiger partial charge in [-0.2, -0.15) is 4.39 Å². The smallest absolute Gasteiger partial charge is 0.299 e. The number of hydrogen-bond donors (Lipinski definition) is 0. The van der Waals surface area contributed by atoms with Crippen LogP contribution in [0, 0.1) is 39.3 Å². The van der Waals surface area contributed by atoms with Crippen molar-refractivity contribution in [3.63, 3.8) is 0 Å². The molecule has 0 aromatic heterocycles. The van der Waals surface area contributed by atoms with Gasteiger partial charge >= 0.3 is 6.30 Å². The average molecular weight is 337 g/mol. The Labute approximate surface area is 125 Å². The van der Waals surface area contributed by atoms with E-state index >= 15 is 0 Å². The molecule has 1 aliphatic rings. The fourth-order valence-corrected chi connectivity index (χ4v) is 2.00. The van der Waals surface area contributed by atoms with Crippen LogP contribution < -0.4 is 0 Å². The Morgan fingerprint density at radius 1 is 1.09 bits per heavy atom. The lowest BCUT2D eigenvalue weighted by molar-refractivity contribution is -0.561. The zero-order chi connectivity index (χ0) is 17.5. The van der Waals surface area contributed by atoms with Crippen LogP contribution in [0.5, 0.6) is 0 Å². The summed E-state index contributed by atoms with van der Waals surface area (Å²) in [6.45, 7) is 0. The van der Waals surface area contributed by atoms with Gasteiger partial charge in [-0.25, -0.2) is 17.6 Å². The zero-order valence-corrected chi connectivity index (χ0v) is 11.2. The molecular formula is C13H8F5NO4. The second kappa shape index (κ2) is 6.01. The van der Waals surface area contributed by atoms with Crippen LogP contribution in [0.25, 0.3) is 0 Å². The van der Waals surface area contributed by atoms with Crippen molar-refractivity contribution in [2.24, 2.45) is 5.92 Å². The lowest BCUT2D eigenvalue weighted by Crippen LogP contribution is -2.19. The van der Waals surface area contributed by atoms with E-state index in [0.717, 1.165) is 0 Å². The van der Waals surface area contributed by atoms with Crippen molar-refractivity contribution >= 4 is 11.6 Å². The highest BCUT2D eigenvalue weighted by atomic mass is 19.2. The van der Waals surface area contributed by atoms with Gasteiger partial charge in [0.2, 0.25) is 0 Å². The molecule has 0 N–H and O–H groups in total. The van der Waals surface area contributed by atoms with Crippen LogP contribution in [0.3, 0.4) is 0 Å². The fourth-order valence-electron chi connectivity index (χ4n) is 2.00. The minimum absolute atomic E-state index is 0.427. The van der Waals surface area contributed by atoms with Gasteiger partial charge in [-0.3, -0.25) is 19.7 Å². The van der Waals surface area contributed by atoms with Gasteiger partial charge in [-0.1, -0.05) is 0 Å². The quantitative estimate of drug-likeness (QED) is 0.152. The predicted molar refractivity (Wildman–Crippen MR) is 63.8 cm³/mol. The van der Waals surface area contributed by atoms with Crippen molar-refractivity contribution in [2.75, 3.05) is 0 Å². The van der Waals surface area contributed by atoms with E-state index in [2.05, 4.69) is 0 Å². The summed E-state index contributed by atoms with van der Waals surface area (Å²) >= 11 is 0. The summed E-state index contributed by atoms with van der Waals surface area (Å²) in [7, 11) is 0. The number of benzene rings is 1. The first-order valence-corrected chi connectivity index (χ1v) is 6.36. The molecular weight excluding hydrogens is 329 g/mol. The van der Waals surface area contributed by atoms with Crippen LogP contribution in [0.1, 0.15) is 41.5 Å². The Hall–Kier alpha value is -2.39. The van der Waals surface area contributed by atoms with Gasteiger partial charge in [-0.05, 0) is 12.8 Å². The van der Waals surface area contributed by atoms with E-state index in [1.807, 2.05) is 0 Å². The number of ketones is 2. The van der Waals surface area contributed by atoms with Crippen molar-refractivity contribution in [1.29, 1.82) is 0 Å². The second-order valence-electron chi connectivity index (χ2n) is 5.01. The first-order valence-electron chi connectivity index (χ1n) is 6.36. The lowest BCUT2D eigenvalue weighted by atomic mass is 9.99. The highest BCUT2D eigenvalue weighted by Crippen LogP contribution is 2.34. The first kappa shape index (κ1) is 17.0. The van der Waals surface area contributed by atoms with E-state index in [0.29, 0.717) is 12.8 Å². The molecule has 1 unspecified atom stereocenters. The maximum absolute atomic E-state index is 13.7. The number of rotatable bonds is 6. The molecule has 0 saturated heterocycles. The third kappa shape index (κ3) is 3.06. The van der Waals surface area contributed by atoms with E-state index in [-0.39, 0.29) is 0 Å². The minimum atomic E-state index is -3.55. The third-order valence-corrected chi connectivity index (χ3v) is 3.37. The van der Waals surface area contributed by atoms with Gasteiger partial charge in [0.15, 0.2) is 29.1 Å². The van der Waals surface area contributed by atoms with Crippen LogP contribution >= 0.6 is 0 Å². The highest BCUT2D eigenvalue weighted by molar-refractivity contribution is 6.09. The second-order valence-corrected chi connectivity index (χ2v) is 5.01. The van der Waals surface area contributed by atoms with Gasteiger partial charge in [-0.15, -0.1) is 0 Å². The molecule has 0 amide bonds. The Bertz CT molecular complexity index is 688. The molecule has 1 aromatic rings. The van der Waals surface area contributed by atoms with Crippen LogP contribution in [0.2, 0.25) is 0 Å². The molecule has 5 nitrogen and oxygen atoms in total. The molecule has 1 aliphatic carbocycles. The molecule has 1 aromatic carbocycles. The summed E-state index contributed by atoms with van der Waals surface area (Å²) in [6, 6.07) is 0. The Morgan fingerprint density at radius 2 is 1.57 bits per heavy atom. The van der Waals surface area contributed by atoms with Crippen molar-refractivity contribution < 1.29 is 36.5 Å². The molecule has 2 rings (SSSR count). The summed E-state index contributed by atoms with van der Waals surface area (Å²) < 4.78 is 67.9. The van der Waals surface area contributed by atoms with Crippen LogP contribution in [-0.2, 0) is 4.79 Å². The van der Waals surface area contributed by atoms with Crippen molar-refractivity contribution in [2.45, 2.75) is 25.6 Å². The van der Waals surface area contributed by atoms with E-state index in [4.69, 9.17) is 0 Å². The Balaban J connectivity index is 2.47. The van der Waals surface area contributed by atoms with Crippen LogP contribution in [0.15, 0.2) is 0 Å². The molecule has 0 heterocycles. The molecule has 23 heavy (non-hydrogen) atoms. The molecule has 0 spiro atoms. The van der Waals surface area contributed by atoms with Crippen molar-refractivity contribution in [1.82, 2.24) is 0 Å². The predicted octanol–water partition coefficient (Wildman–Crippen LogP) is 3.04. The van der Waals surface area contributed by atoms with Crippen molar-refractivity contribution in [3.8, 4) is 0 Å². The minimum Gasteiger partial charge on any atom is -0.299 e. The molecule has 0 bridgehead atoms. The number of nitrogens with zero attached hydrogens (tertiary/aromatic N) is 1. The summed E-state index contributed by atoms with van der Waals surface area (Å²) in [5.74, 6) is -11.9. The molecule has 124 valence electrons. The topological polar surface area (TPSA) is 77.3 Å². The van der Waals surface area contributed by atoms with E-state index in [1.54, 1.807) is 0 Å². The van der Waals surface area contributed by atoms with Gasteiger partial charge in [0.05, 0.1) is 16.9 Å². The van der Waals surface area contributed by atoms with Crippen molar-refractivity contribution in [3.05, 3.63) is 44.5 Å². The summed E-state index contributed by atoms with van der Waals surface area (Å²) in [5, 5.41) is 10.2. The maximum Gasteiger partial charge on any atom is 0.381 e. The number of halogens is 5. The molecule has 1 fully saturated rings. The number of nitro groups is 1. The van der Waals surface area contributed by atoms with Gasteiger partial charge in [0.25, 0.3) is 0 Å². The SMILES string of the molecule is O=C(CC(=O)C1CC1)c1c(F)c(F)c(C(F)[N+](=O)[O-])c(F)c1F. The van der Waals surface area contributed by atoms with Crippen LogP contribution in [0.4, 0.5) is 22.0 Å². The monoisotopic (exact) mass is 337 g/mol. The number of carbonyl (C=O) groups excluding carboxylic acids is 2. The van der Waals surface area contributed by atoms with Crippen LogP contribution in [-0.4, -0.2) is 16.5 Å². The zero-order valence-electron chi connectivity index (χ0n) is 11.2. The molecule has 0 radical (unpaired) electrons. The third-order valence-electron chi connectivity index (χ3n) is 3.37. The summed E-state index contributed by atoms with van der Waals surface area (Å²) in [4.78, 5) is 31.6. The lowest BCUT2D eigenvalue weighted by Gasteiger charge is -2.10. The number of Topliss-reactive ketones (excluding diaryl/α,β-unsaturated/α-hetero) is 2. The highest BCUT2D eigenvalue weighted by Gasteiger charge is 2.39. The molecule has 0 aliphatic heterocycles. The van der Waals surface area contributed by atoms with E-state index in [1.165, 1.54) is 0 Å². The Morgan fingerprint density at radius 3 is 1.96 bits per heavy atom. The van der Waals surface area contributed by atoms with Gasteiger partial charge in [0, 0.05) is 5.92 Å². The largest absolute Gasteiger partial charge is 0.381 e. The number of carbonyl (C=O) groups is 2. The number of hydrogen-bond acceptors (Lipinski definition) is 4. The number of alkyl halides is 1. The Kier molecular flexibility index (Phi) is 4.44. The fraction of sp³-hybridized carbons (Fsp3) is 0.385. The maximum atomic E-state index is 13.7. The van der Waals surface area contributed by atoms with Gasteiger partial charge in [0.1, 0.15) is 11.3 Å². The average Bonchev–Trinajstić information content (AvgIpc) is 3.30.